The molecule has 2 aromatic carbocycles. The zero-order valence-electron chi connectivity index (χ0n) is 35.1. The van der Waals surface area contributed by atoms with Crippen molar-refractivity contribution in [2.24, 2.45) is 17.3 Å². The number of benzene rings is 2. The second-order valence-electron chi connectivity index (χ2n) is 18.7. The van der Waals surface area contributed by atoms with Gasteiger partial charge in [-0.1, -0.05) is 12.1 Å². The maximum absolute atomic E-state index is 13.5. The third-order valence-corrected chi connectivity index (χ3v) is 15.0. The number of rotatable bonds is 10. The zero-order chi connectivity index (χ0) is 44.4. The molecule has 2 saturated carbocycles. The minimum absolute atomic E-state index is 0.0765. The Kier molecular flexibility index (Phi) is 11.2. The second-order valence-corrected chi connectivity index (χ2v) is 19.7. The average Bonchev–Trinajstić information content (AvgIpc) is 3.76. The van der Waals surface area contributed by atoms with Crippen molar-refractivity contribution in [3.63, 3.8) is 0 Å². The van der Waals surface area contributed by atoms with Gasteiger partial charge in [0, 0.05) is 42.4 Å². The van der Waals surface area contributed by atoms with Crippen LogP contribution < -0.4 is 16.0 Å². The number of anilines is 2. The van der Waals surface area contributed by atoms with Crippen molar-refractivity contribution in [2.75, 3.05) is 36.8 Å². The van der Waals surface area contributed by atoms with Gasteiger partial charge in [0.2, 0.25) is 11.8 Å². The van der Waals surface area contributed by atoms with Gasteiger partial charge < -0.3 is 20.6 Å². The van der Waals surface area contributed by atoms with Crippen LogP contribution in [0.4, 0.5) is 24.5 Å². The lowest BCUT2D eigenvalue weighted by atomic mass is 9.57. The van der Waals surface area contributed by atoms with E-state index in [1.165, 1.54) is 6.07 Å². The van der Waals surface area contributed by atoms with Gasteiger partial charge in [-0.2, -0.15) is 13.2 Å². The molecule has 17 heteroatoms. The van der Waals surface area contributed by atoms with Crippen LogP contribution in [0.15, 0.2) is 48.5 Å². The number of alkyl halides is 3. The van der Waals surface area contributed by atoms with Gasteiger partial charge in [0.15, 0.2) is 0 Å². The van der Waals surface area contributed by atoms with Gasteiger partial charge in [0.1, 0.15) is 17.4 Å². The molecule has 4 N–H and O–H groups in total. The number of pyridine rings is 1. The Morgan fingerprint density at radius 1 is 0.921 bits per heavy atom. The van der Waals surface area contributed by atoms with E-state index in [1.54, 1.807) is 55.5 Å². The zero-order valence-corrected chi connectivity index (χ0v) is 36.0. The van der Waals surface area contributed by atoms with Crippen LogP contribution in [-0.2, 0) is 21.4 Å². The minimum atomic E-state index is -4.69. The number of carbonyl (C=O) groups excluding carboxylic acids is 5. The molecule has 13 nitrogen and oxygen atoms in total. The topological polar surface area (TPSA) is 174 Å². The normalized spacial score (nSPS) is 23.2. The lowest BCUT2D eigenvalue weighted by Gasteiger charge is -2.53. The van der Waals surface area contributed by atoms with Gasteiger partial charge in [-0.05, 0) is 138 Å². The van der Waals surface area contributed by atoms with Crippen LogP contribution in [0.5, 0.6) is 0 Å². The van der Waals surface area contributed by atoms with E-state index >= 15 is 0 Å². The van der Waals surface area contributed by atoms with E-state index in [-0.39, 0.29) is 24.1 Å². The molecule has 5 aliphatic rings. The number of fused-ring (bicyclic) bond motifs is 2. The Balaban J connectivity index is 0.748. The summed E-state index contributed by atoms with van der Waals surface area (Å²) in [6, 6.07) is 10.8. The summed E-state index contributed by atoms with van der Waals surface area (Å²) < 4.78 is 40.6. The highest BCUT2D eigenvalue weighted by Crippen LogP contribution is 2.53. The number of aliphatic hydroxyl groups is 1. The summed E-state index contributed by atoms with van der Waals surface area (Å²) in [6.45, 7) is 7.08. The number of nitrogens with zero attached hydrogens (tertiary/aromatic N) is 4. The number of piperidine rings is 2. The number of amides is 5. The largest absolute Gasteiger partial charge is 0.433 e. The summed E-state index contributed by atoms with van der Waals surface area (Å²) in [5.74, 6) is -1.49. The smallest absolute Gasteiger partial charge is 0.386 e. The third-order valence-electron chi connectivity index (χ3n) is 13.8. The van der Waals surface area contributed by atoms with Crippen molar-refractivity contribution < 1.29 is 42.3 Å². The van der Waals surface area contributed by atoms with Crippen molar-refractivity contribution in [2.45, 2.75) is 102 Å². The molecule has 1 unspecified atom stereocenters. The maximum Gasteiger partial charge on any atom is 0.433 e. The van der Waals surface area contributed by atoms with E-state index in [2.05, 4.69) is 25.8 Å². The number of thiazole rings is 1. The SMILES string of the molecule is CC(C)(O)c1cc2nc(C3CCC(CN4CCC5(CC4)CC(CNc4cccc6c4C(=O)N(C4CCC(=O)NC4=O)C6=O)C5)CC3)sc2cc1NC(=O)c1cccc(C(F)(F)F)n1. The standard InChI is InChI=1S/C46H50F3N7O6S/c1-44(2,62)29-19-33-35(20-32(29)52-39(58)31-7-4-8-36(51-31)46(47,48)49)63-41(53-33)27-11-9-25(10-12-27)24-55-17-15-45(16-18-55)21-26(22-45)23-50-30-6-3-5-28-38(30)43(61)56(42(28)60)34-13-14-37(57)54-40(34)59/h3-8,19-20,25-27,34,50,62H,9-18,21-24H2,1-2H3,(H,52,58)(H,54,57,59). The lowest BCUT2D eigenvalue weighted by molar-refractivity contribution is -0.141. The van der Waals surface area contributed by atoms with Crippen LogP contribution in [-0.4, -0.2) is 86.6 Å². The number of halogens is 3. The average molecular weight is 886 g/mol. The van der Waals surface area contributed by atoms with Crippen LogP contribution in [0.3, 0.4) is 0 Å². The molecule has 4 fully saturated rings. The Labute approximate surface area is 366 Å². The molecule has 3 aliphatic heterocycles. The first kappa shape index (κ1) is 43.0. The highest BCUT2D eigenvalue weighted by atomic mass is 32.1. The highest BCUT2D eigenvalue weighted by Gasteiger charge is 2.48. The molecular weight excluding hydrogens is 836 g/mol. The van der Waals surface area contributed by atoms with E-state index in [1.807, 2.05) is 0 Å². The van der Waals surface area contributed by atoms with E-state index in [4.69, 9.17) is 4.98 Å². The molecule has 0 radical (unpaired) electrons. The Morgan fingerprint density at radius 3 is 2.35 bits per heavy atom. The molecule has 332 valence electrons. The van der Waals surface area contributed by atoms with Gasteiger partial charge in [-0.15, -0.1) is 11.3 Å². The number of likely N-dealkylation sites (tertiary alicyclic amines) is 1. The molecule has 1 spiro atoms. The molecule has 5 heterocycles. The maximum atomic E-state index is 13.5. The number of nitrogens with one attached hydrogen (secondary N) is 3. The molecule has 2 aliphatic carbocycles. The molecule has 5 amide bonds. The van der Waals surface area contributed by atoms with Gasteiger partial charge >= 0.3 is 6.18 Å². The minimum Gasteiger partial charge on any atom is -0.386 e. The first-order valence-corrected chi connectivity index (χ1v) is 22.6. The molecule has 4 aromatic rings. The molecule has 9 rings (SSSR count). The second kappa shape index (κ2) is 16.4. The Morgan fingerprint density at radius 2 is 1.65 bits per heavy atom. The number of hydrogen-bond donors (Lipinski definition) is 4. The molecule has 0 bridgehead atoms. The summed E-state index contributed by atoms with van der Waals surface area (Å²) >= 11 is 1.55. The molecule has 1 atom stereocenters. The Hall–Kier alpha value is -5.26. The van der Waals surface area contributed by atoms with Gasteiger partial charge in [0.25, 0.3) is 17.7 Å². The number of aromatic nitrogens is 2. The van der Waals surface area contributed by atoms with Gasteiger partial charge in [0.05, 0.1) is 32.0 Å². The molecule has 2 aromatic heterocycles. The van der Waals surface area contributed by atoms with Gasteiger partial charge in [-0.25, -0.2) is 9.97 Å². The third kappa shape index (κ3) is 8.58. The Bertz CT molecular complexity index is 2500. The predicted molar refractivity (Wildman–Crippen MR) is 229 cm³/mol. The first-order chi connectivity index (χ1) is 29.9. The molecule has 2 saturated heterocycles. The van der Waals surface area contributed by atoms with Crippen molar-refractivity contribution in [3.05, 3.63) is 81.6 Å². The van der Waals surface area contributed by atoms with E-state index in [9.17, 15) is 42.3 Å². The lowest BCUT2D eigenvalue weighted by Crippen LogP contribution is -2.54. The van der Waals surface area contributed by atoms with Crippen LogP contribution in [0.25, 0.3) is 10.2 Å². The van der Waals surface area contributed by atoms with Crippen molar-refractivity contribution in [1.29, 1.82) is 0 Å². The fourth-order valence-corrected chi connectivity index (χ4v) is 11.6. The monoisotopic (exact) mass is 885 g/mol. The fourth-order valence-electron chi connectivity index (χ4n) is 10.5. The highest BCUT2D eigenvalue weighted by molar-refractivity contribution is 7.18. The molecular formula is C46H50F3N7O6S. The van der Waals surface area contributed by atoms with Gasteiger partial charge in [-0.3, -0.25) is 34.2 Å². The van der Waals surface area contributed by atoms with E-state index < -0.39 is 53.0 Å². The fraction of sp³-hybridized carbons (Fsp3) is 0.500. The van der Waals surface area contributed by atoms with Crippen molar-refractivity contribution in [3.8, 4) is 0 Å². The van der Waals surface area contributed by atoms with Crippen molar-refractivity contribution >= 4 is 62.5 Å². The van der Waals surface area contributed by atoms with Crippen molar-refractivity contribution in [1.82, 2.24) is 25.1 Å². The van der Waals surface area contributed by atoms with Crippen LogP contribution in [0, 0.1) is 17.3 Å². The first-order valence-electron chi connectivity index (χ1n) is 21.8. The summed E-state index contributed by atoms with van der Waals surface area (Å²) in [5.41, 5.74) is -0.000671. The quantitative estimate of drug-likeness (QED) is 0.117. The summed E-state index contributed by atoms with van der Waals surface area (Å²) in [6.07, 6.45) is 4.27. The number of hydrogen-bond acceptors (Lipinski definition) is 11. The van der Waals surface area contributed by atoms with E-state index in [0.29, 0.717) is 57.7 Å². The number of carbonyl (C=O) groups is 5. The van der Waals surface area contributed by atoms with Crippen LogP contribution in [0.1, 0.15) is 131 Å². The van der Waals surface area contributed by atoms with Crippen LogP contribution >= 0.6 is 11.3 Å². The van der Waals surface area contributed by atoms with E-state index in [0.717, 1.165) is 97.7 Å². The number of imide groups is 2. The van der Waals surface area contributed by atoms with Crippen LogP contribution in [0.2, 0.25) is 0 Å². The summed E-state index contributed by atoms with van der Waals surface area (Å²) in [4.78, 5) is 76.1. The summed E-state index contributed by atoms with van der Waals surface area (Å²) in [5, 5.41) is 20.4. The molecule has 63 heavy (non-hydrogen) atoms. The predicted octanol–water partition coefficient (Wildman–Crippen LogP) is 7.47. The summed E-state index contributed by atoms with van der Waals surface area (Å²) in [7, 11) is 0.